The van der Waals surface area contributed by atoms with Crippen LogP contribution in [0.25, 0.3) is 0 Å². The van der Waals surface area contributed by atoms with E-state index in [1.54, 1.807) is 24.3 Å². The fraction of sp³-hybridized carbons (Fsp3) is 0.263. The Morgan fingerprint density at radius 3 is 2.36 bits per heavy atom. The molecule has 0 bridgehead atoms. The topological polar surface area (TPSA) is 62.1 Å². The zero-order valence-electron chi connectivity index (χ0n) is 14.7. The third-order valence-corrected chi connectivity index (χ3v) is 4.62. The minimum absolute atomic E-state index is 0.0560. The number of hydrogen-bond acceptors (Lipinski definition) is 4. The summed E-state index contributed by atoms with van der Waals surface area (Å²) in [5.41, 5.74) is -2.66. The quantitative estimate of drug-likeness (QED) is 0.831. The third-order valence-electron chi connectivity index (χ3n) is 4.37. The van der Waals surface area contributed by atoms with Gasteiger partial charge in [0.2, 0.25) is 5.91 Å². The van der Waals surface area contributed by atoms with Crippen molar-refractivity contribution in [3.8, 4) is 5.75 Å². The second-order valence-corrected chi connectivity index (χ2v) is 6.71. The highest BCUT2D eigenvalue weighted by Gasteiger charge is 2.63. The highest BCUT2D eigenvalue weighted by Crippen LogP contribution is 2.41. The molecule has 1 aliphatic rings. The van der Waals surface area contributed by atoms with Crippen LogP contribution in [0.5, 0.6) is 5.75 Å². The van der Waals surface area contributed by atoms with Crippen molar-refractivity contribution >= 4 is 23.2 Å². The normalized spacial score (nSPS) is 19.5. The fourth-order valence-corrected chi connectivity index (χ4v) is 2.95. The van der Waals surface area contributed by atoms with E-state index in [0.717, 1.165) is 0 Å². The van der Waals surface area contributed by atoms with Gasteiger partial charge in [0.1, 0.15) is 5.75 Å². The molecule has 0 saturated heterocycles. The number of nitrogens with zero attached hydrogens (tertiary/aromatic N) is 2. The predicted octanol–water partition coefficient (Wildman–Crippen LogP) is 3.78. The van der Waals surface area contributed by atoms with Crippen LogP contribution >= 0.6 is 11.6 Å². The monoisotopic (exact) mass is 412 g/mol. The molecule has 0 saturated carbocycles. The molecule has 9 heteroatoms. The Labute approximate surface area is 164 Å². The van der Waals surface area contributed by atoms with Crippen LogP contribution in [0.2, 0.25) is 5.02 Å². The molecule has 5 nitrogen and oxygen atoms in total. The number of methoxy groups -OCH3 is 1. The number of amides is 1. The molecule has 0 aliphatic carbocycles. The Hall–Kier alpha value is -2.58. The summed E-state index contributed by atoms with van der Waals surface area (Å²) in [6.07, 6.45) is -6.31. The summed E-state index contributed by atoms with van der Waals surface area (Å²) in [6.45, 7) is 0. The molecular weight excluding hydrogens is 397 g/mol. The summed E-state index contributed by atoms with van der Waals surface area (Å²) in [5, 5.41) is 14.7. The highest BCUT2D eigenvalue weighted by atomic mass is 35.5. The maximum Gasteiger partial charge on any atom is 0.438 e. The van der Waals surface area contributed by atoms with Gasteiger partial charge in [0.15, 0.2) is 0 Å². The van der Waals surface area contributed by atoms with Gasteiger partial charge >= 0.3 is 6.18 Å². The van der Waals surface area contributed by atoms with Gasteiger partial charge in [-0.15, -0.1) is 0 Å². The molecule has 0 spiro atoms. The molecular formula is C19H16ClF3N2O3. The van der Waals surface area contributed by atoms with Crippen LogP contribution in [0.15, 0.2) is 53.6 Å². The first kappa shape index (κ1) is 20.2. The second-order valence-electron chi connectivity index (χ2n) is 6.28. The largest absolute Gasteiger partial charge is 0.497 e. The number of carbonyl (C=O) groups is 1. The van der Waals surface area contributed by atoms with E-state index in [9.17, 15) is 23.1 Å². The van der Waals surface area contributed by atoms with Crippen molar-refractivity contribution in [3.05, 3.63) is 64.7 Å². The van der Waals surface area contributed by atoms with E-state index in [0.29, 0.717) is 21.9 Å². The molecule has 3 rings (SSSR count). The van der Waals surface area contributed by atoms with Gasteiger partial charge in [-0.05, 0) is 35.4 Å². The molecule has 1 aliphatic heterocycles. The number of aliphatic hydroxyl groups is 1. The molecule has 148 valence electrons. The molecule has 2 aromatic carbocycles. The summed E-state index contributed by atoms with van der Waals surface area (Å²) >= 11 is 5.80. The van der Waals surface area contributed by atoms with Gasteiger partial charge in [0, 0.05) is 5.02 Å². The van der Waals surface area contributed by atoms with Crippen LogP contribution in [-0.4, -0.2) is 40.7 Å². The molecule has 0 radical (unpaired) electrons. The highest BCUT2D eigenvalue weighted by molar-refractivity contribution is 6.30. The lowest BCUT2D eigenvalue weighted by atomic mass is 10.0. The van der Waals surface area contributed by atoms with E-state index in [1.165, 1.54) is 31.4 Å². The van der Waals surface area contributed by atoms with Gasteiger partial charge < -0.3 is 9.84 Å². The summed E-state index contributed by atoms with van der Waals surface area (Å²) in [4.78, 5) is 12.6. The van der Waals surface area contributed by atoms with E-state index in [2.05, 4.69) is 5.10 Å². The van der Waals surface area contributed by atoms with Crippen molar-refractivity contribution in [1.82, 2.24) is 5.01 Å². The van der Waals surface area contributed by atoms with E-state index in [1.807, 2.05) is 0 Å². The van der Waals surface area contributed by atoms with Gasteiger partial charge in [-0.25, -0.2) is 0 Å². The first-order valence-corrected chi connectivity index (χ1v) is 8.60. The number of carbonyl (C=O) groups excluding carboxylic acids is 1. The molecule has 0 aromatic heterocycles. The number of halogens is 4. The smallest absolute Gasteiger partial charge is 0.438 e. The van der Waals surface area contributed by atoms with Crippen LogP contribution in [0, 0.1) is 0 Å². The van der Waals surface area contributed by atoms with Gasteiger partial charge in [0.25, 0.3) is 5.72 Å². The lowest BCUT2D eigenvalue weighted by Gasteiger charge is -2.32. The predicted molar refractivity (Wildman–Crippen MR) is 97.2 cm³/mol. The molecule has 1 atom stereocenters. The summed E-state index contributed by atoms with van der Waals surface area (Å²) < 4.78 is 45.8. The minimum atomic E-state index is -5.08. The van der Waals surface area contributed by atoms with Crippen molar-refractivity contribution in [2.75, 3.05) is 7.11 Å². The molecule has 28 heavy (non-hydrogen) atoms. The molecule has 1 amide bonds. The molecule has 2 aromatic rings. The molecule has 1 unspecified atom stereocenters. The Balaban J connectivity index is 1.90. The molecule has 0 fully saturated rings. The van der Waals surface area contributed by atoms with E-state index >= 15 is 0 Å². The van der Waals surface area contributed by atoms with Gasteiger partial charge in [-0.2, -0.15) is 23.3 Å². The number of ether oxygens (including phenoxy) is 1. The van der Waals surface area contributed by atoms with Crippen LogP contribution in [0.4, 0.5) is 13.2 Å². The zero-order chi connectivity index (χ0) is 20.5. The Morgan fingerprint density at radius 2 is 1.82 bits per heavy atom. The summed E-state index contributed by atoms with van der Waals surface area (Å²) in [6, 6.07) is 12.2. The zero-order valence-corrected chi connectivity index (χ0v) is 15.5. The summed E-state index contributed by atoms with van der Waals surface area (Å²) in [7, 11) is 1.47. The Morgan fingerprint density at radius 1 is 1.21 bits per heavy atom. The van der Waals surface area contributed by atoms with Gasteiger partial charge in [-0.1, -0.05) is 35.9 Å². The van der Waals surface area contributed by atoms with Gasteiger partial charge in [0.05, 0.1) is 25.7 Å². The maximum atomic E-state index is 13.6. The number of benzene rings is 2. The number of rotatable bonds is 4. The first-order valence-electron chi connectivity index (χ1n) is 8.22. The van der Waals surface area contributed by atoms with Crippen molar-refractivity contribution in [1.29, 1.82) is 0 Å². The number of hydrogen-bond donors (Lipinski definition) is 1. The maximum absolute atomic E-state index is 13.6. The summed E-state index contributed by atoms with van der Waals surface area (Å²) in [5.74, 6) is -0.429. The van der Waals surface area contributed by atoms with Crippen molar-refractivity contribution in [2.45, 2.75) is 24.7 Å². The lowest BCUT2D eigenvalue weighted by molar-refractivity contribution is -0.302. The van der Waals surface area contributed by atoms with Crippen LogP contribution in [0.1, 0.15) is 17.5 Å². The SMILES string of the molecule is COc1ccc(CC(=O)N2N=C(c3ccc(Cl)cc3)CC2(O)C(F)(F)F)cc1. The molecule has 1 N–H and O–H groups in total. The average Bonchev–Trinajstić information content (AvgIpc) is 3.02. The first-order chi connectivity index (χ1) is 13.1. The Kier molecular flexibility index (Phi) is 5.36. The Bertz CT molecular complexity index is 898. The molecule has 1 heterocycles. The average molecular weight is 413 g/mol. The van der Waals surface area contributed by atoms with Crippen LogP contribution < -0.4 is 4.74 Å². The van der Waals surface area contributed by atoms with Crippen LogP contribution in [-0.2, 0) is 11.2 Å². The fourth-order valence-electron chi connectivity index (χ4n) is 2.82. The lowest BCUT2D eigenvalue weighted by Crippen LogP contribution is -2.57. The number of hydrazone groups is 1. The third kappa shape index (κ3) is 3.83. The van der Waals surface area contributed by atoms with Crippen molar-refractivity contribution in [3.63, 3.8) is 0 Å². The van der Waals surface area contributed by atoms with Gasteiger partial charge in [-0.3, -0.25) is 4.79 Å². The van der Waals surface area contributed by atoms with Crippen molar-refractivity contribution < 1.29 is 27.8 Å². The standard InChI is InChI=1S/C19H16ClF3N2O3/c1-28-15-8-2-12(3-9-15)10-17(26)25-18(27,19(21,22)23)11-16(24-25)13-4-6-14(20)7-5-13/h2-9,27H,10-11H2,1H3. The second kappa shape index (κ2) is 7.44. The van der Waals surface area contributed by atoms with Crippen molar-refractivity contribution in [2.24, 2.45) is 5.10 Å². The van der Waals surface area contributed by atoms with E-state index < -0.39 is 24.2 Å². The van der Waals surface area contributed by atoms with E-state index in [-0.39, 0.29) is 17.1 Å². The number of alkyl halides is 3. The van der Waals surface area contributed by atoms with E-state index in [4.69, 9.17) is 16.3 Å². The van der Waals surface area contributed by atoms with Crippen LogP contribution in [0.3, 0.4) is 0 Å². The minimum Gasteiger partial charge on any atom is -0.497 e.